The Morgan fingerprint density at radius 1 is 0.927 bits per heavy atom. The van der Waals surface area contributed by atoms with Crippen LogP contribution in [0.2, 0.25) is 0 Å². The van der Waals surface area contributed by atoms with Crippen LogP contribution in [0.5, 0.6) is 0 Å². The number of benzene rings is 3. The number of ether oxygens (including phenoxy) is 1. The lowest BCUT2D eigenvalue weighted by Crippen LogP contribution is -2.41. The molecule has 7 rings (SSSR count). The zero-order valence-corrected chi connectivity index (χ0v) is 22.7. The van der Waals surface area contributed by atoms with Crippen LogP contribution < -0.4 is 5.32 Å². The Hall–Kier alpha value is -4.70. The maximum Gasteiger partial charge on any atom is 0.411 e. The molecule has 0 spiro atoms. The number of nitrogens with zero attached hydrogens (tertiary/aromatic N) is 4. The van der Waals surface area contributed by atoms with Crippen molar-refractivity contribution in [1.82, 2.24) is 19.6 Å². The van der Waals surface area contributed by atoms with Gasteiger partial charge < -0.3 is 19.6 Å². The average Bonchev–Trinajstić information content (AvgIpc) is 3.12. The summed E-state index contributed by atoms with van der Waals surface area (Å²) in [5.74, 6) is -0.0423. The highest BCUT2D eigenvalue weighted by Gasteiger charge is 2.34. The number of amides is 2. The van der Waals surface area contributed by atoms with Crippen LogP contribution in [0.4, 0.5) is 10.5 Å². The van der Waals surface area contributed by atoms with Crippen molar-refractivity contribution in [2.45, 2.75) is 32.0 Å². The van der Waals surface area contributed by atoms with Gasteiger partial charge in [-0.05, 0) is 42.2 Å². The summed E-state index contributed by atoms with van der Waals surface area (Å²) in [6, 6.07) is 25.4. The molecule has 212 valence electrons. The maximum absolute atomic E-state index is 13.9. The summed E-state index contributed by atoms with van der Waals surface area (Å²) < 4.78 is 7.28. The summed E-state index contributed by atoms with van der Waals surface area (Å²) in [5, 5.41) is 15.3. The van der Waals surface area contributed by atoms with Crippen molar-refractivity contribution in [3.63, 3.8) is 0 Å². The largest absolute Gasteiger partial charge is 0.483 e. The Morgan fingerprint density at radius 3 is 2.27 bits per heavy atom. The molecule has 2 bridgehead atoms. The van der Waals surface area contributed by atoms with Crippen LogP contribution in [0.1, 0.15) is 34.5 Å². The van der Waals surface area contributed by atoms with E-state index < -0.39 is 6.09 Å². The van der Waals surface area contributed by atoms with Crippen LogP contribution in [-0.2, 0) is 22.7 Å². The summed E-state index contributed by atoms with van der Waals surface area (Å²) in [4.78, 5) is 39.3. The van der Waals surface area contributed by atoms with Crippen LogP contribution in [0.15, 0.2) is 78.9 Å². The Labute approximate surface area is 238 Å². The van der Waals surface area contributed by atoms with Crippen LogP contribution in [-0.4, -0.2) is 75.4 Å². The molecule has 0 unspecified atom stereocenters. The third-order valence-corrected chi connectivity index (χ3v) is 7.50. The fraction of sp³-hybridized carbons (Fsp3) is 0.290. The second-order valence-corrected chi connectivity index (χ2v) is 10.1. The molecule has 1 aromatic heterocycles. The molecule has 0 atom stereocenters. The van der Waals surface area contributed by atoms with Crippen LogP contribution >= 0.6 is 0 Å². The standard InChI is InChI=1S/C30H31N5O3.CH2O2/c36-29(34-18-17-33-15-13-25(34)14-16-33)28-26-19-24(31-30(37)38-21-23-9-5-2-6-10-23)11-12-27(26)35(32-28)20-22-7-3-1-4-8-22;2-1-3/h1-12,19,25H,13-18,20-21H2,(H,31,37);1H,(H,2,3). The molecular formula is C31H33N5O5. The number of anilines is 1. The van der Waals surface area contributed by atoms with Crippen molar-refractivity contribution in [2.75, 3.05) is 31.5 Å². The Kier molecular flexibility index (Phi) is 8.90. The average molecular weight is 556 g/mol. The van der Waals surface area contributed by atoms with Gasteiger partial charge in [0.15, 0.2) is 5.69 Å². The van der Waals surface area contributed by atoms with Gasteiger partial charge in [0, 0.05) is 43.3 Å². The van der Waals surface area contributed by atoms with Crippen molar-refractivity contribution in [3.8, 4) is 0 Å². The number of hydrogen-bond acceptors (Lipinski definition) is 6. The summed E-state index contributed by atoms with van der Waals surface area (Å²) in [6.07, 6.45) is 1.44. The quantitative estimate of drug-likeness (QED) is 0.338. The molecule has 10 nitrogen and oxygen atoms in total. The van der Waals surface area contributed by atoms with E-state index in [1.165, 1.54) is 0 Å². The first-order valence-corrected chi connectivity index (χ1v) is 13.7. The number of hydrogen-bond donors (Lipinski definition) is 2. The number of carboxylic acid groups (broad SMARTS) is 1. The highest BCUT2D eigenvalue weighted by Crippen LogP contribution is 2.28. The molecule has 3 aliphatic heterocycles. The number of carbonyl (C=O) groups is 3. The lowest BCUT2D eigenvalue weighted by atomic mass is 10.0. The minimum atomic E-state index is -0.545. The van der Waals surface area contributed by atoms with E-state index in [0.717, 1.165) is 54.5 Å². The van der Waals surface area contributed by atoms with Crippen molar-refractivity contribution in [3.05, 3.63) is 95.7 Å². The number of aromatic nitrogens is 2. The monoisotopic (exact) mass is 555 g/mol. The summed E-state index contributed by atoms with van der Waals surface area (Å²) in [7, 11) is 0. The first-order valence-electron chi connectivity index (χ1n) is 13.7. The molecule has 3 saturated heterocycles. The van der Waals surface area contributed by atoms with Crippen LogP contribution in [0.25, 0.3) is 10.9 Å². The molecule has 4 aromatic rings. The fourth-order valence-corrected chi connectivity index (χ4v) is 5.46. The first kappa shape index (κ1) is 27.9. The lowest BCUT2D eigenvalue weighted by molar-refractivity contribution is -0.122. The Bertz CT molecular complexity index is 1480. The number of piperidine rings is 1. The molecule has 4 heterocycles. The normalized spacial score (nSPS) is 17.7. The number of carbonyl (C=O) groups excluding carboxylic acids is 2. The third kappa shape index (κ3) is 6.72. The van der Waals surface area contributed by atoms with Gasteiger partial charge in [0.05, 0.1) is 12.1 Å². The van der Waals surface area contributed by atoms with Crippen molar-refractivity contribution >= 4 is 35.1 Å². The van der Waals surface area contributed by atoms with E-state index >= 15 is 0 Å². The molecule has 41 heavy (non-hydrogen) atoms. The van der Waals surface area contributed by atoms with E-state index in [-0.39, 0.29) is 25.0 Å². The van der Waals surface area contributed by atoms with Gasteiger partial charge >= 0.3 is 6.09 Å². The molecular weight excluding hydrogens is 522 g/mol. The number of nitrogens with one attached hydrogen (secondary N) is 1. The van der Waals surface area contributed by atoms with Gasteiger partial charge in [-0.15, -0.1) is 0 Å². The highest BCUT2D eigenvalue weighted by molar-refractivity contribution is 6.06. The SMILES string of the molecule is O=C(Nc1ccc2c(c1)c(C(=O)N1CCN3CCC1CC3)nn2Cc1ccccc1)OCc1ccccc1.O=CO. The molecule has 10 heteroatoms. The van der Waals surface area contributed by atoms with E-state index in [0.29, 0.717) is 24.5 Å². The lowest BCUT2D eigenvalue weighted by Gasteiger charge is -2.31. The minimum absolute atomic E-state index is 0.0423. The zero-order chi connectivity index (χ0) is 28.6. The molecule has 3 fully saturated rings. The fourth-order valence-electron chi connectivity index (χ4n) is 5.46. The number of fused-ring (bicyclic) bond motifs is 5. The van der Waals surface area contributed by atoms with E-state index in [9.17, 15) is 9.59 Å². The van der Waals surface area contributed by atoms with Crippen LogP contribution in [0.3, 0.4) is 0 Å². The summed E-state index contributed by atoms with van der Waals surface area (Å²) in [6.45, 7) is 4.16. The van der Waals surface area contributed by atoms with Crippen LogP contribution in [0, 0.1) is 0 Å². The van der Waals surface area contributed by atoms with E-state index in [1.807, 2.05) is 76.3 Å². The summed E-state index contributed by atoms with van der Waals surface area (Å²) in [5.41, 5.74) is 3.85. The van der Waals surface area contributed by atoms with Gasteiger partial charge in [0.25, 0.3) is 12.4 Å². The predicted octanol–water partition coefficient (Wildman–Crippen LogP) is 4.45. The first-order chi connectivity index (χ1) is 20.1. The Morgan fingerprint density at radius 2 is 1.59 bits per heavy atom. The molecule has 0 radical (unpaired) electrons. The molecule has 2 N–H and O–H groups in total. The second-order valence-electron chi connectivity index (χ2n) is 10.1. The van der Waals surface area contributed by atoms with E-state index in [4.69, 9.17) is 19.7 Å². The van der Waals surface area contributed by atoms with Gasteiger partial charge in [-0.3, -0.25) is 19.6 Å². The maximum atomic E-state index is 13.9. The van der Waals surface area contributed by atoms with Gasteiger partial charge in [0.2, 0.25) is 0 Å². The molecule has 0 aliphatic carbocycles. The topological polar surface area (TPSA) is 117 Å². The molecule has 3 aromatic carbocycles. The second kappa shape index (κ2) is 13.1. The highest BCUT2D eigenvalue weighted by atomic mass is 16.5. The third-order valence-electron chi connectivity index (χ3n) is 7.50. The van der Waals surface area contributed by atoms with E-state index in [1.54, 1.807) is 0 Å². The smallest absolute Gasteiger partial charge is 0.411 e. The van der Waals surface area contributed by atoms with Gasteiger partial charge in [-0.25, -0.2) is 4.79 Å². The molecule has 3 aliphatic rings. The van der Waals surface area contributed by atoms with Gasteiger partial charge in [-0.1, -0.05) is 60.7 Å². The number of rotatable bonds is 6. The summed E-state index contributed by atoms with van der Waals surface area (Å²) >= 11 is 0. The van der Waals surface area contributed by atoms with Crippen molar-refractivity contribution in [2.24, 2.45) is 0 Å². The zero-order valence-electron chi connectivity index (χ0n) is 22.7. The minimum Gasteiger partial charge on any atom is -0.483 e. The van der Waals surface area contributed by atoms with Gasteiger partial charge in [-0.2, -0.15) is 5.10 Å². The molecule has 2 amide bonds. The molecule has 0 saturated carbocycles. The van der Waals surface area contributed by atoms with Crippen molar-refractivity contribution < 1.29 is 24.2 Å². The van der Waals surface area contributed by atoms with Gasteiger partial charge in [0.1, 0.15) is 6.61 Å². The Balaban J connectivity index is 0.00000108. The predicted molar refractivity (Wildman–Crippen MR) is 155 cm³/mol. The van der Waals surface area contributed by atoms with Crippen molar-refractivity contribution in [1.29, 1.82) is 0 Å². The van der Waals surface area contributed by atoms with E-state index in [2.05, 4.69) is 22.3 Å².